The number of ether oxygens (including phenoxy) is 3. The van der Waals surface area contributed by atoms with Crippen LogP contribution < -0.4 is 9.47 Å². The minimum Gasteiger partial charge on any atom is -0.493 e. The number of rotatable bonds is 5. The van der Waals surface area contributed by atoms with Gasteiger partial charge in [0, 0.05) is 0 Å². The van der Waals surface area contributed by atoms with Gasteiger partial charge in [-0.3, -0.25) is 14.5 Å². The predicted octanol–water partition coefficient (Wildman–Crippen LogP) is 2.91. The SMILES string of the molecule is COC(=O)[C@@H](C)N1C(=O)S/C(=C\c2cc(I)c(OC)c(OC)c2)C1=O. The zero-order valence-electron chi connectivity index (χ0n) is 14.0. The molecule has 25 heavy (non-hydrogen) atoms. The molecule has 0 unspecified atom stereocenters. The summed E-state index contributed by atoms with van der Waals surface area (Å²) in [6, 6.07) is 2.53. The number of benzene rings is 1. The van der Waals surface area contributed by atoms with Gasteiger partial charge in [0.05, 0.1) is 29.8 Å². The molecule has 1 heterocycles. The van der Waals surface area contributed by atoms with Crippen molar-refractivity contribution in [1.82, 2.24) is 4.90 Å². The normalized spacial score (nSPS) is 17.0. The van der Waals surface area contributed by atoms with Crippen LogP contribution in [0.25, 0.3) is 6.08 Å². The van der Waals surface area contributed by atoms with Gasteiger partial charge in [0.25, 0.3) is 11.1 Å². The van der Waals surface area contributed by atoms with Gasteiger partial charge in [-0.25, -0.2) is 4.79 Å². The molecule has 0 saturated carbocycles. The summed E-state index contributed by atoms with van der Waals surface area (Å²) in [6.45, 7) is 1.45. The molecule has 0 aromatic heterocycles. The molecule has 1 aromatic rings. The van der Waals surface area contributed by atoms with Crippen LogP contribution in [0.4, 0.5) is 4.79 Å². The first-order valence-electron chi connectivity index (χ1n) is 7.10. The quantitative estimate of drug-likeness (QED) is 0.367. The summed E-state index contributed by atoms with van der Waals surface area (Å²) in [5, 5.41) is -0.510. The van der Waals surface area contributed by atoms with Crippen LogP contribution in [0.1, 0.15) is 12.5 Å². The first kappa shape index (κ1) is 19.6. The van der Waals surface area contributed by atoms with Gasteiger partial charge in [0.15, 0.2) is 11.5 Å². The van der Waals surface area contributed by atoms with Crippen molar-refractivity contribution in [2.75, 3.05) is 21.3 Å². The first-order chi connectivity index (χ1) is 11.8. The lowest BCUT2D eigenvalue weighted by Gasteiger charge is -2.18. The molecule has 2 amide bonds. The average Bonchev–Trinajstić information content (AvgIpc) is 2.86. The number of esters is 1. The Morgan fingerprint density at radius 3 is 2.48 bits per heavy atom. The average molecular weight is 477 g/mol. The van der Waals surface area contributed by atoms with E-state index in [-0.39, 0.29) is 4.91 Å². The van der Waals surface area contributed by atoms with Gasteiger partial charge in [0.1, 0.15) is 6.04 Å². The van der Waals surface area contributed by atoms with E-state index >= 15 is 0 Å². The van der Waals surface area contributed by atoms with Crippen molar-refractivity contribution in [3.05, 3.63) is 26.2 Å². The summed E-state index contributed by atoms with van der Waals surface area (Å²) >= 11 is 2.87. The number of nitrogens with zero attached hydrogens (tertiary/aromatic N) is 1. The van der Waals surface area contributed by atoms with Crippen molar-refractivity contribution in [3.63, 3.8) is 0 Å². The molecule has 9 heteroatoms. The standard InChI is InChI=1S/C16H16INO6S/c1-8(15(20)24-4)18-14(19)12(25-16(18)21)7-9-5-10(17)13(23-3)11(6-9)22-2/h5-8H,1-4H3/b12-7-/t8-/m1/s1. The Kier molecular flexibility index (Phi) is 6.33. The van der Waals surface area contributed by atoms with Crippen LogP contribution in [-0.4, -0.2) is 49.4 Å². The maximum atomic E-state index is 12.5. The number of carbonyl (C=O) groups excluding carboxylic acids is 3. The highest BCUT2D eigenvalue weighted by atomic mass is 127. The number of imide groups is 1. The van der Waals surface area contributed by atoms with Crippen LogP contribution in [0.3, 0.4) is 0 Å². The maximum Gasteiger partial charge on any atom is 0.328 e. The van der Waals surface area contributed by atoms with E-state index < -0.39 is 23.2 Å². The van der Waals surface area contributed by atoms with Crippen molar-refractivity contribution in [1.29, 1.82) is 0 Å². The molecule has 1 atom stereocenters. The van der Waals surface area contributed by atoms with E-state index in [0.29, 0.717) is 17.1 Å². The number of halogens is 1. The third-order valence-electron chi connectivity index (χ3n) is 3.51. The molecule has 0 N–H and O–H groups in total. The van der Waals surface area contributed by atoms with Crippen molar-refractivity contribution >= 4 is 57.5 Å². The molecule has 1 aliphatic heterocycles. The highest BCUT2D eigenvalue weighted by Crippen LogP contribution is 2.37. The number of hydrogen-bond acceptors (Lipinski definition) is 7. The minimum atomic E-state index is -0.978. The highest BCUT2D eigenvalue weighted by molar-refractivity contribution is 14.1. The van der Waals surface area contributed by atoms with E-state index in [0.717, 1.165) is 20.2 Å². The fourth-order valence-electron chi connectivity index (χ4n) is 2.26. The second-order valence-corrected chi connectivity index (χ2v) is 7.14. The lowest BCUT2D eigenvalue weighted by Crippen LogP contribution is -2.42. The Balaban J connectivity index is 2.37. The molecular formula is C16H16INO6S. The van der Waals surface area contributed by atoms with Gasteiger partial charge < -0.3 is 14.2 Å². The zero-order valence-corrected chi connectivity index (χ0v) is 17.0. The smallest absolute Gasteiger partial charge is 0.328 e. The van der Waals surface area contributed by atoms with E-state index in [9.17, 15) is 14.4 Å². The monoisotopic (exact) mass is 477 g/mol. The summed E-state index contributed by atoms with van der Waals surface area (Å²) < 4.78 is 16.0. The number of thioether (sulfide) groups is 1. The van der Waals surface area contributed by atoms with Crippen molar-refractivity contribution in [3.8, 4) is 11.5 Å². The molecule has 1 saturated heterocycles. The van der Waals surface area contributed by atoms with Crippen LogP contribution in [-0.2, 0) is 14.3 Å². The van der Waals surface area contributed by atoms with Gasteiger partial charge in [0.2, 0.25) is 0 Å². The molecule has 0 aliphatic carbocycles. The molecule has 1 aromatic carbocycles. The molecule has 2 rings (SSSR count). The molecule has 0 radical (unpaired) electrons. The van der Waals surface area contributed by atoms with Gasteiger partial charge in [-0.15, -0.1) is 0 Å². The zero-order chi connectivity index (χ0) is 18.7. The third kappa shape index (κ3) is 3.92. The number of amides is 2. The van der Waals surface area contributed by atoms with Crippen LogP contribution in [0.2, 0.25) is 0 Å². The summed E-state index contributed by atoms with van der Waals surface area (Å²) in [6.07, 6.45) is 1.58. The first-order valence-corrected chi connectivity index (χ1v) is 9.00. The van der Waals surface area contributed by atoms with E-state index in [1.807, 2.05) is 0 Å². The molecule has 0 bridgehead atoms. The second kappa shape index (κ2) is 8.09. The molecule has 0 spiro atoms. The summed E-state index contributed by atoms with van der Waals surface area (Å²) in [5.41, 5.74) is 0.679. The fourth-order valence-corrected chi connectivity index (χ4v) is 4.02. The van der Waals surface area contributed by atoms with Crippen molar-refractivity contribution in [2.45, 2.75) is 13.0 Å². The van der Waals surface area contributed by atoms with Crippen molar-refractivity contribution in [2.24, 2.45) is 0 Å². The van der Waals surface area contributed by atoms with Gasteiger partial charge in [-0.2, -0.15) is 0 Å². The summed E-state index contributed by atoms with van der Waals surface area (Å²) in [5.74, 6) is -0.0719. The fraction of sp³-hybridized carbons (Fsp3) is 0.312. The lowest BCUT2D eigenvalue weighted by molar-refractivity contribution is -0.148. The Morgan fingerprint density at radius 2 is 1.92 bits per heavy atom. The van der Waals surface area contributed by atoms with Gasteiger partial charge in [-0.1, -0.05) is 0 Å². The van der Waals surface area contributed by atoms with Crippen LogP contribution in [0.15, 0.2) is 17.0 Å². The van der Waals surface area contributed by atoms with Crippen LogP contribution in [0, 0.1) is 3.57 Å². The Hall–Kier alpha value is -1.75. The van der Waals surface area contributed by atoms with Crippen molar-refractivity contribution < 1.29 is 28.6 Å². The van der Waals surface area contributed by atoms with E-state index in [1.54, 1.807) is 25.3 Å². The Labute approximate surface area is 162 Å². The number of methoxy groups -OCH3 is 3. The molecular weight excluding hydrogens is 461 g/mol. The molecule has 134 valence electrons. The number of carbonyl (C=O) groups is 3. The van der Waals surface area contributed by atoms with E-state index in [2.05, 4.69) is 27.3 Å². The lowest BCUT2D eigenvalue weighted by atomic mass is 10.1. The second-order valence-electron chi connectivity index (χ2n) is 4.99. The van der Waals surface area contributed by atoms with Crippen LogP contribution >= 0.6 is 34.4 Å². The Bertz CT molecular complexity index is 763. The molecule has 7 nitrogen and oxygen atoms in total. The van der Waals surface area contributed by atoms with E-state index in [1.165, 1.54) is 21.1 Å². The predicted molar refractivity (Wildman–Crippen MR) is 102 cm³/mol. The topological polar surface area (TPSA) is 82.1 Å². The van der Waals surface area contributed by atoms with E-state index in [4.69, 9.17) is 9.47 Å². The third-order valence-corrected chi connectivity index (χ3v) is 5.19. The number of hydrogen-bond donors (Lipinski definition) is 0. The summed E-state index contributed by atoms with van der Waals surface area (Å²) in [4.78, 5) is 37.4. The van der Waals surface area contributed by atoms with Gasteiger partial charge in [-0.05, 0) is 65.0 Å². The maximum absolute atomic E-state index is 12.5. The Morgan fingerprint density at radius 1 is 1.24 bits per heavy atom. The largest absolute Gasteiger partial charge is 0.493 e. The van der Waals surface area contributed by atoms with Crippen LogP contribution in [0.5, 0.6) is 11.5 Å². The molecule has 1 aliphatic rings. The summed E-state index contributed by atoms with van der Waals surface area (Å²) in [7, 11) is 4.27. The molecule has 1 fully saturated rings. The van der Waals surface area contributed by atoms with Gasteiger partial charge >= 0.3 is 5.97 Å². The minimum absolute atomic E-state index is 0.226. The highest BCUT2D eigenvalue weighted by Gasteiger charge is 2.41.